The minimum Gasteiger partial charge on any atom is -0.357 e. The van der Waals surface area contributed by atoms with Crippen LogP contribution >= 0.6 is 0 Å². The molecule has 1 saturated heterocycles. The van der Waals surface area contributed by atoms with Gasteiger partial charge in [-0.15, -0.1) is 0 Å². The first-order chi connectivity index (χ1) is 11.1. The Morgan fingerprint density at radius 2 is 1.83 bits per heavy atom. The van der Waals surface area contributed by atoms with E-state index < -0.39 is 17.5 Å². The molecule has 3 rings (SSSR count). The van der Waals surface area contributed by atoms with E-state index >= 15 is 0 Å². The van der Waals surface area contributed by atoms with Gasteiger partial charge in [-0.1, -0.05) is 6.07 Å². The van der Waals surface area contributed by atoms with E-state index in [1.807, 2.05) is 12.1 Å². The molecule has 1 aliphatic rings. The Morgan fingerprint density at radius 3 is 2.43 bits per heavy atom. The largest absolute Gasteiger partial charge is 0.357 e. The number of carbonyl (C=O) groups is 1. The van der Waals surface area contributed by atoms with Crippen LogP contribution in [-0.4, -0.2) is 24.0 Å². The minimum absolute atomic E-state index is 0.0378. The number of hydrogen-bond acceptors (Lipinski definition) is 3. The van der Waals surface area contributed by atoms with Gasteiger partial charge in [0.1, 0.15) is 17.5 Å². The van der Waals surface area contributed by atoms with Gasteiger partial charge in [-0.05, 0) is 36.6 Å². The average Bonchev–Trinajstić information content (AvgIpc) is 3.06. The van der Waals surface area contributed by atoms with Crippen molar-refractivity contribution in [3.8, 4) is 0 Å². The molecule has 0 radical (unpaired) electrons. The van der Waals surface area contributed by atoms with E-state index in [0.29, 0.717) is 0 Å². The van der Waals surface area contributed by atoms with Crippen molar-refractivity contribution < 1.29 is 13.6 Å². The van der Waals surface area contributed by atoms with E-state index in [4.69, 9.17) is 0 Å². The Kier molecular flexibility index (Phi) is 4.50. The van der Waals surface area contributed by atoms with E-state index in [1.165, 1.54) is 12.8 Å². The molecular formula is C17H17F2N3O. The lowest BCUT2D eigenvalue weighted by atomic mass is 10.2. The van der Waals surface area contributed by atoms with Gasteiger partial charge >= 0.3 is 0 Å². The summed E-state index contributed by atoms with van der Waals surface area (Å²) >= 11 is 0. The number of anilines is 1. The van der Waals surface area contributed by atoms with E-state index in [9.17, 15) is 13.6 Å². The fourth-order valence-corrected chi connectivity index (χ4v) is 2.62. The zero-order chi connectivity index (χ0) is 16.2. The molecule has 4 nitrogen and oxygen atoms in total. The quantitative estimate of drug-likeness (QED) is 0.943. The molecule has 1 N–H and O–H groups in total. The molecule has 0 saturated carbocycles. The first-order valence-electron chi connectivity index (χ1n) is 7.56. The van der Waals surface area contributed by atoms with Gasteiger partial charge in [0.25, 0.3) is 5.91 Å². The third-order valence-electron chi connectivity index (χ3n) is 3.82. The van der Waals surface area contributed by atoms with Crippen LogP contribution in [0, 0.1) is 11.6 Å². The van der Waals surface area contributed by atoms with Gasteiger partial charge in [0.2, 0.25) is 0 Å². The molecule has 2 aromatic rings. The van der Waals surface area contributed by atoms with E-state index in [2.05, 4.69) is 15.2 Å². The number of carbonyl (C=O) groups excluding carboxylic acids is 1. The van der Waals surface area contributed by atoms with E-state index in [0.717, 1.165) is 42.7 Å². The summed E-state index contributed by atoms with van der Waals surface area (Å²) in [4.78, 5) is 18.5. The monoisotopic (exact) mass is 317 g/mol. The molecule has 120 valence electrons. The maximum absolute atomic E-state index is 13.1. The smallest absolute Gasteiger partial charge is 0.251 e. The summed E-state index contributed by atoms with van der Waals surface area (Å²) in [5.41, 5.74) is 0.794. The lowest BCUT2D eigenvalue weighted by Crippen LogP contribution is -2.23. The highest BCUT2D eigenvalue weighted by molar-refractivity contribution is 5.94. The van der Waals surface area contributed by atoms with Crippen molar-refractivity contribution in [2.24, 2.45) is 0 Å². The molecule has 1 aliphatic heterocycles. The Hall–Kier alpha value is -2.50. The molecule has 1 fully saturated rings. The second kappa shape index (κ2) is 6.73. The van der Waals surface area contributed by atoms with Crippen LogP contribution in [0.15, 0.2) is 36.5 Å². The van der Waals surface area contributed by atoms with Crippen LogP contribution in [0.4, 0.5) is 14.6 Å². The van der Waals surface area contributed by atoms with Gasteiger partial charge in [0.05, 0.1) is 0 Å². The number of nitrogens with one attached hydrogen (secondary N) is 1. The number of pyridine rings is 1. The standard InChI is InChI=1S/C17H17F2N3O/c18-14-7-13(8-15(19)9-14)17(23)21-11-12-3-4-16(20-10-12)22-5-1-2-6-22/h3-4,7-10H,1-2,5-6,11H2,(H,21,23). The summed E-state index contributed by atoms with van der Waals surface area (Å²) in [6.45, 7) is 2.30. The number of nitrogens with zero attached hydrogens (tertiary/aromatic N) is 2. The van der Waals surface area contributed by atoms with Crippen LogP contribution in [0.25, 0.3) is 0 Å². The van der Waals surface area contributed by atoms with Gasteiger partial charge < -0.3 is 10.2 Å². The van der Waals surface area contributed by atoms with Crippen LogP contribution in [0.5, 0.6) is 0 Å². The fraction of sp³-hybridized carbons (Fsp3) is 0.294. The van der Waals surface area contributed by atoms with Crippen LogP contribution in [0.1, 0.15) is 28.8 Å². The van der Waals surface area contributed by atoms with Crippen LogP contribution in [0.2, 0.25) is 0 Å². The number of benzene rings is 1. The topological polar surface area (TPSA) is 45.2 Å². The minimum atomic E-state index is -0.771. The molecular weight excluding hydrogens is 300 g/mol. The van der Waals surface area contributed by atoms with Crippen molar-refractivity contribution in [1.29, 1.82) is 0 Å². The third kappa shape index (κ3) is 3.83. The Labute approximate surface area is 133 Å². The van der Waals surface area contributed by atoms with Crippen molar-refractivity contribution in [3.05, 3.63) is 59.3 Å². The van der Waals surface area contributed by atoms with Crippen LogP contribution < -0.4 is 10.2 Å². The SMILES string of the molecule is O=C(NCc1ccc(N2CCCC2)nc1)c1cc(F)cc(F)c1. The maximum Gasteiger partial charge on any atom is 0.251 e. The molecule has 0 atom stereocenters. The molecule has 0 spiro atoms. The van der Waals surface area contributed by atoms with Gasteiger partial charge in [0, 0.05) is 37.5 Å². The summed E-state index contributed by atoms with van der Waals surface area (Å²) in [6.07, 6.45) is 4.08. The molecule has 0 unspecified atom stereocenters. The van der Waals surface area contributed by atoms with Crippen molar-refractivity contribution in [2.45, 2.75) is 19.4 Å². The van der Waals surface area contributed by atoms with Gasteiger partial charge in [-0.25, -0.2) is 13.8 Å². The Balaban J connectivity index is 1.60. The van der Waals surface area contributed by atoms with Crippen LogP contribution in [0.3, 0.4) is 0 Å². The molecule has 0 bridgehead atoms. The van der Waals surface area contributed by atoms with Gasteiger partial charge in [-0.2, -0.15) is 0 Å². The molecule has 6 heteroatoms. The number of hydrogen-bond donors (Lipinski definition) is 1. The second-order valence-electron chi connectivity index (χ2n) is 5.56. The first-order valence-corrected chi connectivity index (χ1v) is 7.56. The Bertz CT molecular complexity index is 677. The normalized spacial score (nSPS) is 14.1. The lowest BCUT2D eigenvalue weighted by molar-refractivity contribution is 0.0950. The summed E-state index contributed by atoms with van der Waals surface area (Å²) in [7, 11) is 0. The first kappa shape index (κ1) is 15.4. The molecule has 23 heavy (non-hydrogen) atoms. The highest BCUT2D eigenvalue weighted by atomic mass is 19.1. The van der Waals surface area contributed by atoms with Crippen molar-refractivity contribution in [2.75, 3.05) is 18.0 Å². The molecule has 1 amide bonds. The number of halogens is 2. The van der Waals surface area contributed by atoms with Crippen molar-refractivity contribution in [3.63, 3.8) is 0 Å². The maximum atomic E-state index is 13.1. The van der Waals surface area contributed by atoms with Crippen molar-refractivity contribution in [1.82, 2.24) is 10.3 Å². The fourth-order valence-electron chi connectivity index (χ4n) is 2.62. The van der Waals surface area contributed by atoms with Crippen molar-refractivity contribution >= 4 is 11.7 Å². The summed E-state index contributed by atoms with van der Waals surface area (Å²) in [5.74, 6) is -1.13. The zero-order valence-corrected chi connectivity index (χ0v) is 12.6. The highest BCUT2D eigenvalue weighted by Gasteiger charge is 2.13. The molecule has 1 aromatic carbocycles. The molecule has 1 aromatic heterocycles. The molecule has 2 heterocycles. The number of aromatic nitrogens is 1. The average molecular weight is 317 g/mol. The molecule has 0 aliphatic carbocycles. The zero-order valence-electron chi connectivity index (χ0n) is 12.6. The second-order valence-corrected chi connectivity index (χ2v) is 5.56. The predicted molar refractivity (Wildman–Crippen MR) is 83.2 cm³/mol. The predicted octanol–water partition coefficient (Wildman–Crippen LogP) is 2.89. The van der Waals surface area contributed by atoms with E-state index in [1.54, 1.807) is 6.20 Å². The summed E-state index contributed by atoms with van der Waals surface area (Å²) < 4.78 is 26.2. The lowest BCUT2D eigenvalue weighted by Gasteiger charge is -2.16. The third-order valence-corrected chi connectivity index (χ3v) is 3.82. The summed E-state index contributed by atoms with van der Waals surface area (Å²) in [6, 6.07) is 6.57. The summed E-state index contributed by atoms with van der Waals surface area (Å²) in [5, 5.41) is 2.63. The number of amides is 1. The Morgan fingerprint density at radius 1 is 1.13 bits per heavy atom. The van der Waals surface area contributed by atoms with Crippen LogP contribution in [-0.2, 0) is 6.54 Å². The van der Waals surface area contributed by atoms with E-state index in [-0.39, 0.29) is 12.1 Å². The highest BCUT2D eigenvalue weighted by Crippen LogP contribution is 2.17. The number of rotatable bonds is 4. The van der Waals surface area contributed by atoms with Gasteiger partial charge in [0.15, 0.2) is 0 Å². The van der Waals surface area contributed by atoms with Gasteiger partial charge in [-0.3, -0.25) is 4.79 Å².